The Labute approximate surface area is 99.9 Å². The zero-order chi connectivity index (χ0) is 13.4. The van der Waals surface area contributed by atoms with Gasteiger partial charge in [-0.1, -0.05) is 4.48 Å². The molecule has 0 bridgehead atoms. The van der Waals surface area contributed by atoms with Gasteiger partial charge in [-0.2, -0.15) is 0 Å². The Morgan fingerprint density at radius 2 is 2.11 bits per heavy atom. The molecule has 4 nitrogen and oxygen atoms in total. The second-order valence-electron chi connectivity index (χ2n) is 3.62. The minimum atomic E-state index is -1.31. The molecule has 0 N–H and O–H groups in total. The molecule has 96 valence electrons. The maximum atomic E-state index is 13.9. The molecule has 0 aromatic carbocycles. The maximum Gasteiger partial charge on any atom is 0.360 e. The molecule has 2 heterocycles. The minimum absolute atomic E-state index is 0.0469. The molecular weight excluding hydrogens is 249 g/mol. The number of hydrogen-bond acceptors (Lipinski definition) is 3. The molecule has 0 radical (unpaired) electrons. The van der Waals surface area contributed by atoms with Crippen molar-refractivity contribution in [3.8, 4) is 0 Å². The number of fused-ring (bicyclic) bond motifs is 1. The molecular formula is C11H9F3N2O2. The highest BCUT2D eigenvalue weighted by Crippen LogP contribution is 2.27. The Morgan fingerprint density at radius 1 is 1.44 bits per heavy atom. The van der Waals surface area contributed by atoms with Crippen molar-refractivity contribution in [3.05, 3.63) is 29.1 Å². The summed E-state index contributed by atoms with van der Waals surface area (Å²) in [6.45, 7) is 2.81. The molecule has 0 saturated carbocycles. The largest absolute Gasteiger partial charge is 0.461 e. The summed E-state index contributed by atoms with van der Waals surface area (Å²) in [6.07, 6.45) is 1.06. The monoisotopic (exact) mass is 258 g/mol. The van der Waals surface area contributed by atoms with Crippen LogP contribution in [0.3, 0.4) is 0 Å². The van der Waals surface area contributed by atoms with Gasteiger partial charge in [-0.25, -0.2) is 18.6 Å². The number of pyridine rings is 1. The van der Waals surface area contributed by atoms with E-state index in [1.165, 1.54) is 13.8 Å². The quantitative estimate of drug-likeness (QED) is 0.777. The summed E-state index contributed by atoms with van der Waals surface area (Å²) in [5, 5.41) is -0.652. The van der Waals surface area contributed by atoms with E-state index in [1.54, 1.807) is 0 Å². The van der Waals surface area contributed by atoms with Crippen LogP contribution in [0.4, 0.5) is 13.3 Å². The minimum Gasteiger partial charge on any atom is -0.461 e. The van der Waals surface area contributed by atoms with E-state index >= 15 is 0 Å². The first-order chi connectivity index (χ1) is 8.49. The topological polar surface area (TPSA) is 44.1 Å². The van der Waals surface area contributed by atoms with Crippen molar-refractivity contribution in [2.24, 2.45) is 0 Å². The van der Waals surface area contributed by atoms with E-state index in [-0.39, 0.29) is 17.0 Å². The van der Waals surface area contributed by atoms with Crippen molar-refractivity contribution >= 4 is 17.0 Å². The lowest BCUT2D eigenvalue weighted by atomic mass is 10.2. The number of aryl methyl sites for hydroxylation is 1. The van der Waals surface area contributed by atoms with Crippen LogP contribution in [-0.4, -0.2) is 22.3 Å². The van der Waals surface area contributed by atoms with Gasteiger partial charge in [0.1, 0.15) is 5.82 Å². The third kappa shape index (κ3) is 1.62. The Bertz CT molecular complexity index is 637. The van der Waals surface area contributed by atoms with Gasteiger partial charge in [-0.15, -0.1) is 4.79 Å². The van der Waals surface area contributed by atoms with Crippen molar-refractivity contribution in [1.29, 1.82) is 0 Å². The molecule has 0 saturated heterocycles. The second-order valence-corrected chi connectivity index (χ2v) is 3.62. The third-order valence-electron chi connectivity index (χ3n) is 2.45. The number of halogens is 3. The van der Waals surface area contributed by atoms with Crippen LogP contribution in [0.15, 0.2) is 6.20 Å². The van der Waals surface area contributed by atoms with Crippen molar-refractivity contribution in [2.75, 3.05) is 6.61 Å². The molecule has 0 fully saturated rings. The van der Waals surface area contributed by atoms with Gasteiger partial charge in [0.05, 0.1) is 12.0 Å². The van der Waals surface area contributed by atoms with E-state index in [0.717, 1.165) is 6.20 Å². The normalized spacial score (nSPS) is 10.9. The van der Waals surface area contributed by atoms with Crippen molar-refractivity contribution in [1.82, 2.24) is 9.77 Å². The van der Waals surface area contributed by atoms with E-state index in [4.69, 9.17) is 0 Å². The molecule has 0 atom stereocenters. The van der Waals surface area contributed by atoms with Gasteiger partial charge in [0, 0.05) is 11.8 Å². The molecule has 2 aromatic heterocycles. The Morgan fingerprint density at radius 3 is 2.72 bits per heavy atom. The van der Waals surface area contributed by atoms with Crippen LogP contribution in [0.2, 0.25) is 0 Å². The average Bonchev–Trinajstić information content (AvgIpc) is 2.57. The van der Waals surface area contributed by atoms with Gasteiger partial charge in [0.15, 0.2) is 17.2 Å². The van der Waals surface area contributed by atoms with Gasteiger partial charge in [-0.05, 0) is 13.8 Å². The summed E-state index contributed by atoms with van der Waals surface area (Å²) < 4.78 is 45.8. The number of carbonyl (C=O) groups is 1. The zero-order valence-corrected chi connectivity index (χ0v) is 9.63. The van der Waals surface area contributed by atoms with Crippen molar-refractivity contribution in [3.63, 3.8) is 0 Å². The summed E-state index contributed by atoms with van der Waals surface area (Å²) in [7, 11) is 0. The van der Waals surface area contributed by atoms with Gasteiger partial charge < -0.3 is 4.74 Å². The van der Waals surface area contributed by atoms with Gasteiger partial charge >= 0.3 is 5.97 Å². The van der Waals surface area contributed by atoms with E-state index in [1.807, 2.05) is 0 Å². The van der Waals surface area contributed by atoms with Crippen LogP contribution < -0.4 is 0 Å². The molecule has 0 unspecified atom stereocenters. The van der Waals surface area contributed by atoms with E-state index in [9.17, 15) is 18.1 Å². The van der Waals surface area contributed by atoms with E-state index in [2.05, 4.69) is 9.72 Å². The number of carbonyl (C=O) groups excluding carboxylic acids is 1. The number of aromatic nitrogens is 2. The highest BCUT2D eigenvalue weighted by molar-refractivity contribution is 5.95. The highest BCUT2D eigenvalue weighted by atomic mass is 19.2. The smallest absolute Gasteiger partial charge is 0.360 e. The lowest BCUT2D eigenvalue weighted by molar-refractivity contribution is 0.0496. The first-order valence-electron chi connectivity index (χ1n) is 5.17. The average molecular weight is 258 g/mol. The van der Waals surface area contributed by atoms with Crippen LogP contribution in [-0.2, 0) is 4.74 Å². The molecule has 0 amide bonds. The highest BCUT2D eigenvalue weighted by Gasteiger charge is 2.28. The molecule has 2 rings (SSSR count). The molecule has 18 heavy (non-hydrogen) atoms. The summed E-state index contributed by atoms with van der Waals surface area (Å²) in [5.74, 6) is -3.45. The van der Waals surface area contributed by atoms with Crippen LogP contribution in [0, 0.1) is 18.6 Å². The number of rotatable bonds is 2. The fourth-order valence-corrected chi connectivity index (χ4v) is 1.60. The molecule has 0 spiro atoms. The lowest BCUT2D eigenvalue weighted by Crippen LogP contribution is -2.10. The predicted molar refractivity (Wildman–Crippen MR) is 56.8 cm³/mol. The number of hydrogen-bond donors (Lipinski definition) is 0. The van der Waals surface area contributed by atoms with Gasteiger partial charge in [0.2, 0.25) is 0 Å². The van der Waals surface area contributed by atoms with Crippen molar-refractivity contribution in [2.45, 2.75) is 13.8 Å². The molecule has 0 aliphatic heterocycles. The number of esters is 1. The molecule has 7 heteroatoms. The Hall–Kier alpha value is -2.05. The first-order valence-corrected chi connectivity index (χ1v) is 5.17. The molecule has 2 aromatic rings. The van der Waals surface area contributed by atoms with Crippen LogP contribution >= 0.6 is 0 Å². The standard InChI is InChI=1S/C11H9F3N2O2/c1-3-18-11(17)9-8(13)6-7(12)5(2)4-15-10(6)16(9)14/h4H,3H2,1-2H3. The van der Waals surface area contributed by atoms with E-state index in [0.29, 0.717) is 0 Å². The SMILES string of the molecule is CCOC(=O)c1c(F)c2c(F)c(C)cnc2n1F. The van der Waals surface area contributed by atoms with Gasteiger partial charge in [0.25, 0.3) is 0 Å². The second kappa shape index (κ2) is 4.32. The molecule has 0 aliphatic rings. The molecule has 0 aliphatic carbocycles. The predicted octanol–water partition coefficient (Wildman–Crippen LogP) is 2.53. The maximum absolute atomic E-state index is 13.9. The fourth-order valence-electron chi connectivity index (χ4n) is 1.60. The number of ether oxygens (including phenoxy) is 1. The lowest BCUT2D eigenvalue weighted by Gasteiger charge is -1.99. The van der Waals surface area contributed by atoms with Gasteiger partial charge in [-0.3, -0.25) is 0 Å². The Balaban J connectivity index is 2.77. The van der Waals surface area contributed by atoms with Crippen LogP contribution in [0.5, 0.6) is 0 Å². The summed E-state index contributed by atoms with van der Waals surface area (Å²) in [4.78, 5) is 14.6. The zero-order valence-electron chi connectivity index (χ0n) is 9.63. The van der Waals surface area contributed by atoms with E-state index < -0.39 is 34.3 Å². The van der Waals surface area contributed by atoms with Crippen LogP contribution in [0.1, 0.15) is 23.0 Å². The Kier molecular flexibility index (Phi) is 2.98. The fraction of sp³-hybridized carbons (Fsp3) is 0.273. The third-order valence-corrected chi connectivity index (χ3v) is 2.45. The number of nitrogens with zero attached hydrogens (tertiary/aromatic N) is 2. The summed E-state index contributed by atoms with van der Waals surface area (Å²) in [5.41, 5.74) is -1.51. The summed E-state index contributed by atoms with van der Waals surface area (Å²) >= 11 is 0. The van der Waals surface area contributed by atoms with Crippen LogP contribution in [0.25, 0.3) is 11.0 Å². The van der Waals surface area contributed by atoms with Crippen molar-refractivity contribution < 1.29 is 22.8 Å². The summed E-state index contributed by atoms with van der Waals surface area (Å²) in [6, 6.07) is 0. The first kappa shape index (κ1) is 12.4.